The van der Waals surface area contributed by atoms with Gasteiger partial charge in [-0.05, 0) is 68.0 Å². The lowest BCUT2D eigenvalue weighted by Gasteiger charge is -2.27. The van der Waals surface area contributed by atoms with Crippen LogP contribution < -0.4 is 15.4 Å². The maximum atomic E-state index is 12.6. The fourth-order valence-electron chi connectivity index (χ4n) is 3.72. The minimum absolute atomic E-state index is 0.0281. The van der Waals surface area contributed by atoms with E-state index in [1.165, 1.54) is 0 Å². The number of nitrogens with one attached hydrogen (secondary N) is 2. The van der Waals surface area contributed by atoms with Gasteiger partial charge in [-0.25, -0.2) is 0 Å². The molecular formula is C23H28N2O3. The topological polar surface area (TPSA) is 67.4 Å². The van der Waals surface area contributed by atoms with Crippen molar-refractivity contribution in [1.82, 2.24) is 0 Å². The van der Waals surface area contributed by atoms with Crippen LogP contribution in [0.3, 0.4) is 0 Å². The molecule has 0 unspecified atom stereocenters. The smallest absolute Gasteiger partial charge is 0.227 e. The lowest BCUT2D eigenvalue weighted by atomic mass is 9.81. The summed E-state index contributed by atoms with van der Waals surface area (Å²) in [7, 11) is 1.61. The van der Waals surface area contributed by atoms with Crippen LogP contribution >= 0.6 is 0 Å². The molecule has 3 rings (SSSR count). The first-order chi connectivity index (χ1) is 13.6. The molecule has 148 valence electrons. The predicted molar refractivity (Wildman–Crippen MR) is 112 cm³/mol. The molecule has 2 amide bonds. The number of hydrogen-bond donors (Lipinski definition) is 2. The fourth-order valence-corrected chi connectivity index (χ4v) is 3.72. The van der Waals surface area contributed by atoms with E-state index in [-0.39, 0.29) is 23.7 Å². The summed E-state index contributed by atoms with van der Waals surface area (Å²) in [6.45, 7) is 2.08. The van der Waals surface area contributed by atoms with E-state index in [9.17, 15) is 9.59 Å². The van der Waals surface area contributed by atoms with Crippen molar-refractivity contribution in [2.24, 2.45) is 11.8 Å². The molecule has 0 atom stereocenters. The lowest BCUT2D eigenvalue weighted by molar-refractivity contribution is -0.125. The number of hydrogen-bond acceptors (Lipinski definition) is 3. The van der Waals surface area contributed by atoms with Crippen LogP contribution in [0, 0.1) is 11.8 Å². The van der Waals surface area contributed by atoms with Gasteiger partial charge in [0.1, 0.15) is 5.75 Å². The third-order valence-corrected chi connectivity index (χ3v) is 5.48. The second kappa shape index (κ2) is 9.40. The molecular weight excluding hydrogens is 352 g/mol. The molecule has 0 heterocycles. The molecule has 0 aromatic heterocycles. The standard InChI is InChI=1S/C23H28N2O3/c1-3-16-6-4-5-7-21(16)25-23(27)18-10-8-17(9-11-18)22(26)24-19-12-14-20(28-2)15-13-19/h4-7,12-15,17-18H,3,8-11H2,1-2H3,(H,24,26)(H,25,27). The molecule has 2 aromatic rings. The zero-order valence-electron chi connectivity index (χ0n) is 16.5. The van der Waals surface area contributed by atoms with Gasteiger partial charge in [-0.15, -0.1) is 0 Å². The average Bonchev–Trinajstić information content (AvgIpc) is 2.74. The summed E-state index contributed by atoms with van der Waals surface area (Å²) in [6, 6.07) is 15.2. The molecule has 1 aliphatic rings. The molecule has 0 spiro atoms. The minimum Gasteiger partial charge on any atom is -0.497 e. The van der Waals surface area contributed by atoms with Crippen molar-refractivity contribution >= 4 is 23.2 Å². The summed E-state index contributed by atoms with van der Waals surface area (Å²) >= 11 is 0. The molecule has 1 fully saturated rings. The molecule has 28 heavy (non-hydrogen) atoms. The van der Waals surface area contributed by atoms with Crippen molar-refractivity contribution in [2.75, 3.05) is 17.7 Å². The van der Waals surface area contributed by atoms with Crippen LogP contribution in [0.15, 0.2) is 48.5 Å². The van der Waals surface area contributed by atoms with Gasteiger partial charge in [-0.3, -0.25) is 9.59 Å². The number of methoxy groups -OCH3 is 1. The van der Waals surface area contributed by atoms with Crippen molar-refractivity contribution in [3.05, 3.63) is 54.1 Å². The quantitative estimate of drug-likeness (QED) is 0.767. The molecule has 0 radical (unpaired) electrons. The van der Waals surface area contributed by atoms with Crippen LogP contribution in [0.1, 0.15) is 38.2 Å². The number of carbonyl (C=O) groups is 2. The molecule has 0 aliphatic heterocycles. The van der Waals surface area contributed by atoms with Crippen LogP contribution in [-0.2, 0) is 16.0 Å². The first-order valence-electron chi connectivity index (χ1n) is 9.94. The largest absolute Gasteiger partial charge is 0.497 e. The normalized spacial score (nSPS) is 18.9. The van der Waals surface area contributed by atoms with E-state index in [0.717, 1.165) is 54.8 Å². The highest BCUT2D eigenvalue weighted by Crippen LogP contribution is 2.31. The van der Waals surface area contributed by atoms with Crippen LogP contribution in [0.5, 0.6) is 5.75 Å². The number of rotatable bonds is 6. The Morgan fingerprint density at radius 2 is 1.46 bits per heavy atom. The summed E-state index contributed by atoms with van der Waals surface area (Å²) in [5.74, 6) is 0.772. The van der Waals surface area contributed by atoms with Gasteiger partial charge in [0.25, 0.3) is 0 Å². The van der Waals surface area contributed by atoms with Crippen molar-refractivity contribution in [3.63, 3.8) is 0 Å². The molecule has 1 aliphatic carbocycles. The maximum Gasteiger partial charge on any atom is 0.227 e. The Morgan fingerprint density at radius 1 is 0.893 bits per heavy atom. The molecule has 5 nitrogen and oxygen atoms in total. The monoisotopic (exact) mass is 380 g/mol. The SMILES string of the molecule is CCc1ccccc1NC(=O)C1CCC(C(=O)Nc2ccc(OC)cc2)CC1. The highest BCUT2D eigenvalue weighted by molar-refractivity contribution is 5.95. The van der Waals surface area contributed by atoms with E-state index < -0.39 is 0 Å². The van der Waals surface area contributed by atoms with Gasteiger partial charge < -0.3 is 15.4 Å². The van der Waals surface area contributed by atoms with E-state index in [4.69, 9.17) is 4.74 Å². The van der Waals surface area contributed by atoms with Gasteiger partial charge in [0.05, 0.1) is 7.11 Å². The molecule has 0 saturated heterocycles. The summed E-state index contributed by atoms with van der Waals surface area (Å²) < 4.78 is 5.13. The Hall–Kier alpha value is -2.82. The van der Waals surface area contributed by atoms with Crippen molar-refractivity contribution in [3.8, 4) is 5.75 Å². The Bertz CT molecular complexity index is 809. The number of ether oxygens (including phenoxy) is 1. The summed E-state index contributed by atoms with van der Waals surface area (Å²) in [5, 5.41) is 6.04. The van der Waals surface area contributed by atoms with Crippen molar-refractivity contribution in [2.45, 2.75) is 39.0 Å². The summed E-state index contributed by atoms with van der Waals surface area (Å²) in [4.78, 5) is 25.2. The summed E-state index contributed by atoms with van der Waals surface area (Å²) in [5.41, 5.74) is 2.81. The summed E-state index contributed by atoms with van der Waals surface area (Å²) in [6.07, 6.45) is 3.82. The van der Waals surface area contributed by atoms with Crippen molar-refractivity contribution < 1.29 is 14.3 Å². The number of anilines is 2. The van der Waals surface area contributed by atoms with Crippen LogP contribution in [0.2, 0.25) is 0 Å². The predicted octanol–water partition coefficient (Wildman–Crippen LogP) is 4.64. The van der Waals surface area contributed by atoms with E-state index in [2.05, 4.69) is 17.6 Å². The van der Waals surface area contributed by atoms with Crippen molar-refractivity contribution in [1.29, 1.82) is 0 Å². The number of carbonyl (C=O) groups excluding carboxylic acids is 2. The highest BCUT2D eigenvalue weighted by atomic mass is 16.5. The first kappa shape index (κ1) is 19.9. The van der Waals surface area contributed by atoms with Gasteiger partial charge in [-0.1, -0.05) is 25.1 Å². The van der Waals surface area contributed by atoms with E-state index >= 15 is 0 Å². The molecule has 1 saturated carbocycles. The number of para-hydroxylation sites is 1. The van der Waals surface area contributed by atoms with E-state index in [0.29, 0.717) is 0 Å². The molecule has 2 N–H and O–H groups in total. The third kappa shape index (κ3) is 4.91. The Labute approximate surface area is 166 Å². The third-order valence-electron chi connectivity index (χ3n) is 5.48. The molecule has 5 heteroatoms. The van der Waals surface area contributed by atoms with Crippen LogP contribution in [0.4, 0.5) is 11.4 Å². The van der Waals surface area contributed by atoms with E-state index in [1.54, 1.807) is 7.11 Å². The second-order valence-corrected chi connectivity index (χ2v) is 7.27. The zero-order valence-corrected chi connectivity index (χ0v) is 16.5. The first-order valence-corrected chi connectivity index (χ1v) is 9.94. The van der Waals surface area contributed by atoms with Crippen LogP contribution in [0.25, 0.3) is 0 Å². The minimum atomic E-state index is -0.0471. The van der Waals surface area contributed by atoms with Gasteiger partial charge >= 0.3 is 0 Å². The van der Waals surface area contributed by atoms with Gasteiger partial charge in [0, 0.05) is 23.2 Å². The highest BCUT2D eigenvalue weighted by Gasteiger charge is 2.30. The van der Waals surface area contributed by atoms with Crippen LogP contribution in [-0.4, -0.2) is 18.9 Å². The van der Waals surface area contributed by atoms with Gasteiger partial charge in [-0.2, -0.15) is 0 Å². The zero-order chi connectivity index (χ0) is 19.9. The van der Waals surface area contributed by atoms with Gasteiger partial charge in [0.2, 0.25) is 11.8 Å². The lowest BCUT2D eigenvalue weighted by Crippen LogP contribution is -2.32. The number of amides is 2. The molecule has 2 aromatic carbocycles. The van der Waals surface area contributed by atoms with E-state index in [1.807, 2.05) is 48.5 Å². The number of aryl methyl sites for hydroxylation is 1. The fraction of sp³-hybridized carbons (Fsp3) is 0.391. The Balaban J connectivity index is 1.50. The second-order valence-electron chi connectivity index (χ2n) is 7.27. The Morgan fingerprint density at radius 3 is 2.04 bits per heavy atom. The number of benzene rings is 2. The maximum absolute atomic E-state index is 12.6. The Kier molecular flexibility index (Phi) is 6.69. The average molecular weight is 380 g/mol. The van der Waals surface area contributed by atoms with Gasteiger partial charge in [0.15, 0.2) is 0 Å². The molecule has 0 bridgehead atoms.